The average Bonchev–Trinajstić information content (AvgIpc) is 3.13. The van der Waals surface area contributed by atoms with Crippen LogP contribution in [0.1, 0.15) is 27.0 Å². The smallest absolute Gasteiger partial charge is 0.267 e. The molecule has 22 heavy (non-hydrogen) atoms. The van der Waals surface area contributed by atoms with Crippen LogP contribution in [0, 0.1) is 12.7 Å². The fourth-order valence-corrected chi connectivity index (χ4v) is 3.08. The quantitative estimate of drug-likeness (QED) is 0.692. The number of aliphatic hydroxyl groups is 1. The fourth-order valence-electron chi connectivity index (χ4n) is 2.36. The van der Waals surface area contributed by atoms with Gasteiger partial charge in [0.15, 0.2) is 0 Å². The van der Waals surface area contributed by atoms with E-state index in [1.54, 1.807) is 13.0 Å². The van der Waals surface area contributed by atoms with Crippen LogP contribution in [-0.4, -0.2) is 22.5 Å². The topological polar surface area (TPSA) is 65.1 Å². The lowest BCUT2D eigenvalue weighted by Crippen LogP contribution is -2.28. The van der Waals surface area contributed by atoms with Crippen molar-refractivity contribution in [3.8, 4) is 0 Å². The van der Waals surface area contributed by atoms with Gasteiger partial charge in [0.05, 0.1) is 0 Å². The Labute approximate surface area is 130 Å². The maximum atomic E-state index is 13.4. The number of hydrogen-bond acceptors (Lipinski definition) is 3. The van der Waals surface area contributed by atoms with Crippen molar-refractivity contribution < 1.29 is 14.3 Å². The van der Waals surface area contributed by atoms with E-state index in [0.717, 1.165) is 15.8 Å². The first kappa shape index (κ1) is 14.7. The third-order valence-electron chi connectivity index (χ3n) is 3.48. The minimum atomic E-state index is -0.729. The maximum Gasteiger partial charge on any atom is 0.267 e. The normalized spacial score (nSPS) is 12.5. The van der Waals surface area contributed by atoms with Crippen LogP contribution in [0.2, 0.25) is 0 Å². The Morgan fingerprint density at radius 2 is 2.27 bits per heavy atom. The SMILES string of the molecule is Cc1cc(F)cc2[nH]c(C(=O)NC[C@@H](O)c3cccs3)cc12. The summed E-state index contributed by atoms with van der Waals surface area (Å²) in [5, 5.41) is 15.3. The third-order valence-corrected chi connectivity index (χ3v) is 4.46. The Hall–Kier alpha value is -2.18. The predicted octanol–water partition coefficient (Wildman–Crippen LogP) is 3.14. The summed E-state index contributed by atoms with van der Waals surface area (Å²) in [4.78, 5) is 15.8. The first-order valence-corrected chi connectivity index (χ1v) is 7.71. The summed E-state index contributed by atoms with van der Waals surface area (Å²) in [6.45, 7) is 1.92. The molecule has 3 rings (SSSR count). The largest absolute Gasteiger partial charge is 0.386 e. The monoisotopic (exact) mass is 318 g/mol. The Morgan fingerprint density at radius 1 is 1.45 bits per heavy atom. The van der Waals surface area contributed by atoms with Crippen molar-refractivity contribution in [3.63, 3.8) is 0 Å². The van der Waals surface area contributed by atoms with Gasteiger partial charge in [0.25, 0.3) is 5.91 Å². The summed E-state index contributed by atoms with van der Waals surface area (Å²) in [7, 11) is 0. The summed E-state index contributed by atoms with van der Waals surface area (Å²) in [6, 6.07) is 8.14. The van der Waals surface area contributed by atoms with Crippen molar-refractivity contribution in [3.05, 3.63) is 57.7 Å². The number of aromatic amines is 1. The van der Waals surface area contributed by atoms with Gasteiger partial charge in [-0.2, -0.15) is 0 Å². The Morgan fingerprint density at radius 3 is 3.00 bits per heavy atom. The van der Waals surface area contributed by atoms with Crippen molar-refractivity contribution in [1.82, 2.24) is 10.3 Å². The lowest BCUT2D eigenvalue weighted by Gasteiger charge is -2.09. The molecular formula is C16H15FN2O2S. The highest BCUT2D eigenvalue weighted by molar-refractivity contribution is 7.10. The van der Waals surface area contributed by atoms with Crippen LogP contribution in [0.15, 0.2) is 35.7 Å². The molecule has 1 aromatic carbocycles. The zero-order valence-electron chi connectivity index (χ0n) is 11.9. The molecule has 1 atom stereocenters. The second-order valence-electron chi connectivity index (χ2n) is 5.11. The van der Waals surface area contributed by atoms with Gasteiger partial charge in [0, 0.05) is 22.3 Å². The van der Waals surface area contributed by atoms with Crippen molar-refractivity contribution in [2.24, 2.45) is 0 Å². The van der Waals surface area contributed by atoms with Gasteiger partial charge in [-0.05, 0) is 42.1 Å². The minimum Gasteiger partial charge on any atom is -0.386 e. The van der Waals surface area contributed by atoms with Crippen LogP contribution in [0.4, 0.5) is 4.39 Å². The fraction of sp³-hybridized carbons (Fsp3) is 0.188. The number of aliphatic hydroxyl groups excluding tert-OH is 1. The Balaban J connectivity index is 1.74. The zero-order chi connectivity index (χ0) is 15.7. The molecule has 0 saturated heterocycles. The summed E-state index contributed by atoms with van der Waals surface area (Å²) in [5.41, 5.74) is 1.70. The molecular weight excluding hydrogens is 303 g/mol. The summed E-state index contributed by atoms with van der Waals surface area (Å²) < 4.78 is 13.4. The van der Waals surface area contributed by atoms with Crippen LogP contribution in [0.5, 0.6) is 0 Å². The Kier molecular flexibility index (Phi) is 3.96. The number of nitrogens with one attached hydrogen (secondary N) is 2. The van der Waals surface area contributed by atoms with Crippen molar-refractivity contribution in [2.75, 3.05) is 6.54 Å². The van der Waals surface area contributed by atoms with Crippen molar-refractivity contribution in [1.29, 1.82) is 0 Å². The molecule has 0 bridgehead atoms. The van der Waals surface area contributed by atoms with Gasteiger partial charge in [0.2, 0.25) is 0 Å². The molecule has 114 valence electrons. The number of aromatic nitrogens is 1. The van der Waals surface area contributed by atoms with E-state index >= 15 is 0 Å². The molecule has 1 amide bonds. The van der Waals surface area contributed by atoms with Crippen LogP contribution in [0.25, 0.3) is 10.9 Å². The number of aryl methyl sites for hydroxylation is 1. The number of carbonyl (C=O) groups is 1. The van der Waals surface area contributed by atoms with E-state index in [4.69, 9.17) is 0 Å². The second kappa shape index (κ2) is 5.90. The van der Waals surface area contributed by atoms with Gasteiger partial charge in [-0.1, -0.05) is 6.07 Å². The molecule has 2 heterocycles. The van der Waals surface area contributed by atoms with Gasteiger partial charge in [-0.15, -0.1) is 11.3 Å². The third kappa shape index (κ3) is 2.88. The number of hydrogen-bond donors (Lipinski definition) is 3. The van der Waals surface area contributed by atoms with Crippen molar-refractivity contribution in [2.45, 2.75) is 13.0 Å². The molecule has 0 spiro atoms. The highest BCUT2D eigenvalue weighted by Crippen LogP contribution is 2.21. The van der Waals surface area contributed by atoms with Gasteiger partial charge in [-0.3, -0.25) is 4.79 Å². The number of carbonyl (C=O) groups excluding carboxylic acids is 1. The standard InChI is InChI=1S/C16H15FN2O2S/c1-9-5-10(17)6-12-11(9)7-13(19-12)16(21)18-8-14(20)15-3-2-4-22-15/h2-7,14,19-20H,8H2,1H3,(H,18,21)/t14-/m1/s1. The summed E-state index contributed by atoms with van der Waals surface area (Å²) in [6.07, 6.45) is -0.729. The number of benzene rings is 1. The Bertz CT molecular complexity index is 811. The van der Waals surface area contributed by atoms with Crippen LogP contribution >= 0.6 is 11.3 Å². The van der Waals surface area contributed by atoms with Crippen LogP contribution < -0.4 is 5.32 Å². The summed E-state index contributed by atoms with van der Waals surface area (Å²) in [5.74, 6) is -0.668. The van der Waals surface area contributed by atoms with Crippen LogP contribution in [0.3, 0.4) is 0 Å². The first-order chi connectivity index (χ1) is 10.5. The molecule has 0 aliphatic rings. The zero-order valence-corrected chi connectivity index (χ0v) is 12.7. The lowest BCUT2D eigenvalue weighted by molar-refractivity contribution is 0.0914. The number of fused-ring (bicyclic) bond motifs is 1. The number of rotatable bonds is 4. The van der Waals surface area contributed by atoms with E-state index in [0.29, 0.717) is 11.2 Å². The number of halogens is 1. The molecule has 0 aliphatic heterocycles. The van der Waals surface area contributed by atoms with Crippen LogP contribution in [-0.2, 0) is 0 Å². The molecule has 0 aliphatic carbocycles. The molecule has 3 N–H and O–H groups in total. The summed E-state index contributed by atoms with van der Waals surface area (Å²) >= 11 is 1.44. The molecule has 4 nitrogen and oxygen atoms in total. The molecule has 6 heteroatoms. The van der Waals surface area contributed by atoms with Gasteiger partial charge in [0.1, 0.15) is 17.6 Å². The molecule has 0 radical (unpaired) electrons. The number of amides is 1. The van der Waals surface area contributed by atoms with E-state index < -0.39 is 6.10 Å². The molecule has 0 unspecified atom stereocenters. The molecule has 3 aromatic rings. The first-order valence-electron chi connectivity index (χ1n) is 6.83. The van der Waals surface area contributed by atoms with Gasteiger partial charge < -0.3 is 15.4 Å². The average molecular weight is 318 g/mol. The maximum absolute atomic E-state index is 13.4. The van der Waals surface area contributed by atoms with E-state index in [2.05, 4.69) is 10.3 Å². The van der Waals surface area contributed by atoms with E-state index in [9.17, 15) is 14.3 Å². The van der Waals surface area contributed by atoms with E-state index in [1.165, 1.54) is 23.5 Å². The van der Waals surface area contributed by atoms with E-state index in [1.807, 2.05) is 17.5 Å². The van der Waals surface area contributed by atoms with Gasteiger partial charge >= 0.3 is 0 Å². The molecule has 0 fully saturated rings. The highest BCUT2D eigenvalue weighted by atomic mass is 32.1. The number of H-pyrrole nitrogens is 1. The number of thiophene rings is 1. The highest BCUT2D eigenvalue weighted by Gasteiger charge is 2.14. The molecule has 0 saturated carbocycles. The van der Waals surface area contributed by atoms with E-state index in [-0.39, 0.29) is 18.3 Å². The lowest BCUT2D eigenvalue weighted by atomic mass is 10.1. The molecule has 2 aromatic heterocycles. The predicted molar refractivity (Wildman–Crippen MR) is 84.6 cm³/mol. The van der Waals surface area contributed by atoms with Gasteiger partial charge in [-0.25, -0.2) is 4.39 Å². The minimum absolute atomic E-state index is 0.127. The van der Waals surface area contributed by atoms with Crippen molar-refractivity contribution >= 4 is 28.1 Å². The second-order valence-corrected chi connectivity index (χ2v) is 6.09.